The van der Waals surface area contributed by atoms with E-state index in [1.165, 1.54) is 0 Å². The number of ether oxygens (including phenoxy) is 2. The lowest BCUT2D eigenvalue weighted by Crippen LogP contribution is -2.36. The standard InChI is InChI=1S/C28H34N2O5/c1-5-29(6-2)20-11-9-19(10-12-20)25-24(26(31)23-14-13-21(34-4)16-18(23)3)27(32)28(33)30(25)17-22-8-7-15-35-22/h9-14,16,22,25,31H,5-8,15,17H2,1-4H3/b26-24-. The average molecular weight is 479 g/mol. The van der Waals surface area contributed by atoms with Crippen molar-refractivity contribution >= 4 is 23.1 Å². The average Bonchev–Trinajstić information content (AvgIpc) is 3.47. The van der Waals surface area contributed by atoms with E-state index >= 15 is 0 Å². The molecule has 2 atom stereocenters. The SMILES string of the molecule is CCN(CC)c1ccc(C2/C(=C(/O)c3ccc(OC)cc3C)C(=O)C(=O)N2CC2CCCO2)cc1. The van der Waals surface area contributed by atoms with E-state index in [1.807, 2.05) is 31.2 Å². The number of ketones is 1. The highest BCUT2D eigenvalue weighted by Crippen LogP contribution is 2.41. The fourth-order valence-corrected chi connectivity index (χ4v) is 5.05. The summed E-state index contributed by atoms with van der Waals surface area (Å²) in [6.07, 6.45) is 1.66. The van der Waals surface area contributed by atoms with Crippen LogP contribution in [0.4, 0.5) is 5.69 Å². The number of likely N-dealkylation sites (tertiary alicyclic amines) is 1. The summed E-state index contributed by atoms with van der Waals surface area (Å²) in [6.45, 7) is 8.77. The Kier molecular flexibility index (Phi) is 7.45. The van der Waals surface area contributed by atoms with Crippen LogP contribution in [-0.2, 0) is 14.3 Å². The van der Waals surface area contributed by atoms with Gasteiger partial charge in [0, 0.05) is 37.5 Å². The third kappa shape index (κ3) is 4.78. The number of nitrogens with zero attached hydrogens (tertiary/aromatic N) is 2. The Bertz CT molecular complexity index is 1110. The molecule has 0 aromatic heterocycles. The summed E-state index contributed by atoms with van der Waals surface area (Å²) < 4.78 is 11.1. The fourth-order valence-electron chi connectivity index (χ4n) is 5.05. The summed E-state index contributed by atoms with van der Waals surface area (Å²) in [5.74, 6) is -0.794. The predicted molar refractivity (Wildman–Crippen MR) is 136 cm³/mol. The summed E-state index contributed by atoms with van der Waals surface area (Å²) in [6, 6.07) is 12.5. The maximum absolute atomic E-state index is 13.3. The molecule has 1 amide bonds. The number of carbonyl (C=O) groups is 2. The highest BCUT2D eigenvalue weighted by Gasteiger charge is 2.47. The zero-order valence-electron chi connectivity index (χ0n) is 20.9. The van der Waals surface area contributed by atoms with Gasteiger partial charge in [-0.1, -0.05) is 12.1 Å². The number of aliphatic hydroxyl groups is 1. The van der Waals surface area contributed by atoms with Crippen LogP contribution in [0.25, 0.3) is 5.76 Å². The highest BCUT2D eigenvalue weighted by molar-refractivity contribution is 6.46. The van der Waals surface area contributed by atoms with Gasteiger partial charge >= 0.3 is 0 Å². The number of rotatable bonds is 8. The van der Waals surface area contributed by atoms with Crippen molar-refractivity contribution in [2.75, 3.05) is 38.3 Å². The summed E-state index contributed by atoms with van der Waals surface area (Å²) in [4.78, 5) is 30.3. The molecule has 0 radical (unpaired) electrons. The molecular formula is C28H34N2O5. The molecule has 2 fully saturated rings. The molecule has 1 N–H and O–H groups in total. The number of aryl methyl sites for hydroxylation is 1. The lowest BCUT2D eigenvalue weighted by molar-refractivity contribution is -0.140. The summed E-state index contributed by atoms with van der Waals surface area (Å²) >= 11 is 0. The van der Waals surface area contributed by atoms with Gasteiger partial charge in [0.2, 0.25) is 0 Å². The molecular weight excluding hydrogens is 444 g/mol. The lowest BCUT2D eigenvalue weighted by atomic mass is 9.93. The first-order chi connectivity index (χ1) is 16.9. The molecule has 0 aliphatic carbocycles. The maximum Gasteiger partial charge on any atom is 0.295 e. The predicted octanol–water partition coefficient (Wildman–Crippen LogP) is 4.45. The van der Waals surface area contributed by atoms with E-state index in [0.717, 1.165) is 42.7 Å². The van der Waals surface area contributed by atoms with Crippen LogP contribution in [0.2, 0.25) is 0 Å². The van der Waals surface area contributed by atoms with Crippen LogP contribution < -0.4 is 9.64 Å². The Labute approximate surface area is 206 Å². The van der Waals surface area contributed by atoms with Crippen molar-refractivity contribution in [1.82, 2.24) is 4.90 Å². The number of methoxy groups -OCH3 is 1. The van der Waals surface area contributed by atoms with Crippen LogP contribution in [0.3, 0.4) is 0 Å². The van der Waals surface area contributed by atoms with Crippen LogP contribution in [-0.4, -0.2) is 61.2 Å². The summed E-state index contributed by atoms with van der Waals surface area (Å²) in [5.41, 5.74) is 3.22. The monoisotopic (exact) mass is 478 g/mol. The van der Waals surface area contributed by atoms with Gasteiger partial charge in [-0.15, -0.1) is 0 Å². The second kappa shape index (κ2) is 10.5. The second-order valence-electron chi connectivity index (χ2n) is 9.03. The van der Waals surface area contributed by atoms with E-state index < -0.39 is 17.7 Å². The van der Waals surface area contributed by atoms with E-state index in [1.54, 1.807) is 30.2 Å². The Morgan fingerprint density at radius 1 is 1.14 bits per heavy atom. The Hall–Kier alpha value is -3.32. The minimum Gasteiger partial charge on any atom is -0.507 e. The molecule has 2 aromatic rings. The molecule has 7 nitrogen and oxygen atoms in total. The molecule has 0 saturated carbocycles. The van der Waals surface area contributed by atoms with Crippen molar-refractivity contribution in [3.63, 3.8) is 0 Å². The second-order valence-corrected chi connectivity index (χ2v) is 9.03. The number of carbonyl (C=O) groups excluding carboxylic acids is 2. The minimum absolute atomic E-state index is 0.108. The van der Waals surface area contributed by atoms with Crippen LogP contribution in [0.5, 0.6) is 5.75 Å². The quantitative estimate of drug-likeness (QED) is 0.343. The Morgan fingerprint density at radius 3 is 2.43 bits per heavy atom. The van der Waals surface area contributed by atoms with E-state index in [-0.39, 0.29) is 17.4 Å². The zero-order valence-corrected chi connectivity index (χ0v) is 20.9. The van der Waals surface area contributed by atoms with Crippen molar-refractivity contribution in [3.8, 4) is 5.75 Å². The van der Waals surface area contributed by atoms with Gasteiger partial charge in [-0.2, -0.15) is 0 Å². The number of amides is 1. The number of hydrogen-bond donors (Lipinski definition) is 1. The van der Waals surface area contributed by atoms with Gasteiger partial charge in [0.1, 0.15) is 11.5 Å². The highest BCUT2D eigenvalue weighted by atomic mass is 16.5. The molecule has 2 heterocycles. The maximum atomic E-state index is 13.3. The number of hydrogen-bond acceptors (Lipinski definition) is 6. The first-order valence-corrected chi connectivity index (χ1v) is 12.3. The molecule has 2 aliphatic heterocycles. The summed E-state index contributed by atoms with van der Waals surface area (Å²) in [5, 5.41) is 11.4. The molecule has 4 rings (SSSR count). The third-order valence-electron chi connectivity index (χ3n) is 6.99. The van der Waals surface area contributed by atoms with Gasteiger partial charge in [0.15, 0.2) is 0 Å². The van der Waals surface area contributed by atoms with E-state index in [4.69, 9.17) is 9.47 Å². The largest absolute Gasteiger partial charge is 0.507 e. The van der Waals surface area contributed by atoms with Crippen molar-refractivity contribution in [1.29, 1.82) is 0 Å². The molecule has 186 valence electrons. The van der Waals surface area contributed by atoms with Crippen molar-refractivity contribution in [3.05, 3.63) is 64.7 Å². The van der Waals surface area contributed by atoms with Crippen LogP contribution >= 0.6 is 0 Å². The fraction of sp³-hybridized carbons (Fsp3) is 0.429. The first kappa shape index (κ1) is 24.8. The van der Waals surface area contributed by atoms with Gasteiger partial charge in [-0.05, 0) is 75.1 Å². The van der Waals surface area contributed by atoms with Crippen molar-refractivity contribution < 1.29 is 24.2 Å². The first-order valence-electron chi connectivity index (χ1n) is 12.3. The van der Waals surface area contributed by atoms with Crippen molar-refractivity contribution in [2.24, 2.45) is 0 Å². The molecule has 2 aromatic carbocycles. The van der Waals surface area contributed by atoms with Crippen LogP contribution in [0.15, 0.2) is 48.0 Å². The smallest absolute Gasteiger partial charge is 0.295 e. The lowest BCUT2D eigenvalue weighted by Gasteiger charge is -2.28. The molecule has 0 bridgehead atoms. The van der Waals surface area contributed by atoms with Gasteiger partial charge in [0.25, 0.3) is 11.7 Å². The van der Waals surface area contributed by atoms with E-state index in [2.05, 4.69) is 18.7 Å². The Balaban J connectivity index is 1.81. The summed E-state index contributed by atoms with van der Waals surface area (Å²) in [7, 11) is 1.58. The van der Waals surface area contributed by atoms with Gasteiger partial charge in [-0.25, -0.2) is 0 Å². The van der Waals surface area contributed by atoms with E-state index in [0.29, 0.717) is 24.5 Å². The topological polar surface area (TPSA) is 79.3 Å². The normalized spacial score (nSPS) is 21.5. The van der Waals surface area contributed by atoms with E-state index in [9.17, 15) is 14.7 Å². The molecule has 0 spiro atoms. The minimum atomic E-state index is -0.688. The number of benzene rings is 2. The van der Waals surface area contributed by atoms with Gasteiger partial charge in [-0.3, -0.25) is 9.59 Å². The zero-order chi connectivity index (χ0) is 25.1. The van der Waals surface area contributed by atoms with Crippen LogP contribution in [0, 0.1) is 6.92 Å². The number of aliphatic hydroxyl groups excluding tert-OH is 1. The number of Topliss-reactive ketones (excluding diaryl/α,β-unsaturated/α-hetero) is 1. The Morgan fingerprint density at radius 2 is 1.86 bits per heavy atom. The third-order valence-corrected chi connectivity index (χ3v) is 6.99. The molecule has 7 heteroatoms. The van der Waals surface area contributed by atoms with Gasteiger partial charge in [0.05, 0.1) is 24.8 Å². The molecule has 35 heavy (non-hydrogen) atoms. The number of anilines is 1. The molecule has 2 unspecified atom stereocenters. The van der Waals surface area contributed by atoms with Gasteiger partial charge < -0.3 is 24.4 Å². The molecule has 2 saturated heterocycles. The molecule has 2 aliphatic rings. The van der Waals surface area contributed by atoms with Crippen molar-refractivity contribution in [2.45, 2.75) is 45.8 Å². The van der Waals surface area contributed by atoms with Crippen LogP contribution in [0.1, 0.15) is 49.4 Å².